The average molecular weight is 214 g/mol. The van der Waals surface area contributed by atoms with E-state index in [4.69, 9.17) is 4.52 Å². The third-order valence-electron chi connectivity index (χ3n) is 1.48. The molecule has 1 aromatic rings. The fraction of sp³-hybridized carbons (Fsp3) is 0.400. The van der Waals surface area contributed by atoms with Crippen LogP contribution >= 0.6 is 7.60 Å². The van der Waals surface area contributed by atoms with E-state index >= 15 is 0 Å². The van der Waals surface area contributed by atoms with E-state index in [1.54, 1.807) is 51.1 Å². The topological polar surface area (TPSA) is 46.5 Å². The standard InChI is InChI=1S/C10H15O3P/c1-10(2,3)13-14(11,12)9-7-5-4-6-8-9/h4-8H,1-3H3,(H,11,12). The van der Waals surface area contributed by atoms with Crippen LogP contribution in [0.15, 0.2) is 30.3 Å². The maximum absolute atomic E-state index is 11.8. The zero-order chi connectivity index (χ0) is 10.8. The summed E-state index contributed by atoms with van der Waals surface area (Å²) in [6.45, 7) is 5.25. The summed E-state index contributed by atoms with van der Waals surface area (Å²) in [5.41, 5.74) is -0.625. The second kappa shape index (κ2) is 3.85. The summed E-state index contributed by atoms with van der Waals surface area (Å²) in [5, 5.41) is 0.329. The molecule has 0 aliphatic carbocycles. The van der Waals surface area contributed by atoms with E-state index in [1.807, 2.05) is 0 Å². The van der Waals surface area contributed by atoms with E-state index in [1.165, 1.54) is 0 Å². The maximum atomic E-state index is 11.8. The Morgan fingerprint density at radius 3 is 2.14 bits per heavy atom. The van der Waals surface area contributed by atoms with Crippen LogP contribution in [0.1, 0.15) is 20.8 Å². The average Bonchev–Trinajstić information content (AvgIpc) is 2.01. The highest BCUT2D eigenvalue weighted by atomic mass is 31.2. The van der Waals surface area contributed by atoms with Crippen LogP contribution in [0.25, 0.3) is 0 Å². The van der Waals surface area contributed by atoms with Gasteiger partial charge in [0.25, 0.3) is 0 Å². The van der Waals surface area contributed by atoms with Crippen molar-refractivity contribution in [2.45, 2.75) is 26.4 Å². The first kappa shape index (κ1) is 11.4. The van der Waals surface area contributed by atoms with Crippen molar-refractivity contribution in [2.24, 2.45) is 0 Å². The lowest BCUT2D eigenvalue weighted by Gasteiger charge is -2.23. The van der Waals surface area contributed by atoms with Crippen LogP contribution in [0.2, 0.25) is 0 Å². The van der Waals surface area contributed by atoms with Gasteiger partial charge in [0.2, 0.25) is 0 Å². The van der Waals surface area contributed by atoms with Crippen molar-refractivity contribution in [1.82, 2.24) is 0 Å². The molecule has 3 nitrogen and oxygen atoms in total. The molecule has 0 amide bonds. The Morgan fingerprint density at radius 1 is 1.21 bits per heavy atom. The van der Waals surface area contributed by atoms with Gasteiger partial charge in [0.15, 0.2) is 0 Å². The van der Waals surface area contributed by atoms with Gasteiger partial charge in [-0.2, -0.15) is 0 Å². The highest BCUT2D eigenvalue weighted by Crippen LogP contribution is 2.44. The van der Waals surface area contributed by atoms with Crippen molar-refractivity contribution >= 4 is 12.9 Å². The fourth-order valence-corrected chi connectivity index (χ4v) is 2.44. The van der Waals surface area contributed by atoms with Gasteiger partial charge < -0.3 is 4.89 Å². The van der Waals surface area contributed by atoms with Gasteiger partial charge in [0.05, 0.1) is 10.9 Å². The largest absolute Gasteiger partial charge is 0.359 e. The first-order valence-corrected chi connectivity index (χ1v) is 5.98. The van der Waals surface area contributed by atoms with Crippen molar-refractivity contribution in [3.63, 3.8) is 0 Å². The molecule has 1 rings (SSSR count). The molecule has 0 bridgehead atoms. The molecule has 4 heteroatoms. The predicted octanol–water partition coefficient (Wildman–Crippen LogP) is 2.31. The molecule has 0 saturated carbocycles. The molecule has 1 unspecified atom stereocenters. The monoisotopic (exact) mass is 214 g/mol. The van der Waals surface area contributed by atoms with E-state index in [9.17, 15) is 9.46 Å². The minimum Gasteiger partial charge on any atom is -0.321 e. The third kappa shape index (κ3) is 3.26. The van der Waals surface area contributed by atoms with Gasteiger partial charge in [0.1, 0.15) is 0 Å². The minimum atomic E-state index is -3.67. The van der Waals surface area contributed by atoms with Crippen LogP contribution in [0, 0.1) is 0 Å². The van der Waals surface area contributed by atoms with E-state index in [0.717, 1.165) is 0 Å². The Kier molecular flexibility index (Phi) is 3.15. The van der Waals surface area contributed by atoms with Gasteiger partial charge in [-0.15, -0.1) is 0 Å². The van der Waals surface area contributed by atoms with Gasteiger partial charge in [0, 0.05) is 0 Å². The summed E-state index contributed by atoms with van der Waals surface area (Å²) >= 11 is 0. The van der Waals surface area contributed by atoms with Crippen molar-refractivity contribution in [2.75, 3.05) is 0 Å². The summed E-state index contributed by atoms with van der Waals surface area (Å²) in [6.07, 6.45) is 0. The van der Waals surface area contributed by atoms with E-state index in [-0.39, 0.29) is 0 Å². The van der Waals surface area contributed by atoms with Crippen molar-refractivity contribution in [3.8, 4) is 0 Å². The molecule has 1 aromatic carbocycles. The lowest BCUT2D eigenvalue weighted by atomic mass is 10.2. The molecule has 1 N–H and O–H groups in total. The second-order valence-electron chi connectivity index (χ2n) is 4.06. The van der Waals surface area contributed by atoms with Crippen LogP contribution in [-0.4, -0.2) is 10.5 Å². The van der Waals surface area contributed by atoms with Crippen molar-refractivity contribution < 1.29 is 14.0 Å². The molecule has 1 atom stereocenters. The fourth-order valence-electron chi connectivity index (χ4n) is 1.04. The number of rotatable bonds is 2. The smallest absolute Gasteiger partial charge is 0.321 e. The molecule has 0 aliphatic rings. The zero-order valence-electron chi connectivity index (χ0n) is 8.60. The van der Waals surface area contributed by atoms with Crippen molar-refractivity contribution in [3.05, 3.63) is 30.3 Å². The lowest BCUT2D eigenvalue weighted by molar-refractivity contribution is 0.116. The number of hydrogen-bond donors (Lipinski definition) is 1. The van der Waals surface area contributed by atoms with Gasteiger partial charge in [-0.3, -0.25) is 9.09 Å². The second-order valence-corrected chi connectivity index (χ2v) is 5.80. The number of benzene rings is 1. The zero-order valence-corrected chi connectivity index (χ0v) is 9.49. The summed E-state index contributed by atoms with van der Waals surface area (Å²) in [6, 6.07) is 8.40. The van der Waals surface area contributed by atoms with Crippen LogP contribution in [0.4, 0.5) is 0 Å². The molecular weight excluding hydrogens is 199 g/mol. The third-order valence-corrected chi connectivity index (χ3v) is 3.23. The highest BCUT2D eigenvalue weighted by Gasteiger charge is 2.28. The van der Waals surface area contributed by atoms with Crippen molar-refractivity contribution in [1.29, 1.82) is 0 Å². The van der Waals surface area contributed by atoms with Crippen LogP contribution in [-0.2, 0) is 9.09 Å². The summed E-state index contributed by atoms with van der Waals surface area (Å²) < 4.78 is 16.9. The molecule has 0 radical (unpaired) electrons. The predicted molar refractivity (Wildman–Crippen MR) is 56.7 cm³/mol. The maximum Gasteiger partial charge on any atom is 0.359 e. The SMILES string of the molecule is CC(C)(C)OP(=O)(O)c1ccccc1. The van der Waals surface area contributed by atoms with E-state index in [2.05, 4.69) is 0 Å². The molecule has 0 aliphatic heterocycles. The van der Waals surface area contributed by atoms with Crippen LogP contribution < -0.4 is 5.30 Å². The Hall–Kier alpha value is -0.630. The van der Waals surface area contributed by atoms with Crippen LogP contribution in [0.3, 0.4) is 0 Å². The van der Waals surface area contributed by atoms with Gasteiger partial charge in [-0.05, 0) is 32.9 Å². The highest BCUT2D eigenvalue weighted by molar-refractivity contribution is 7.61. The Labute approximate surface area is 84.3 Å². The van der Waals surface area contributed by atoms with Gasteiger partial charge >= 0.3 is 7.60 Å². The summed E-state index contributed by atoms with van der Waals surface area (Å²) in [4.78, 5) is 9.65. The number of hydrogen-bond acceptors (Lipinski definition) is 2. The Balaban J connectivity index is 2.93. The molecule has 0 saturated heterocycles. The molecule has 0 fully saturated rings. The molecule has 0 spiro atoms. The Morgan fingerprint density at radius 2 is 1.71 bits per heavy atom. The van der Waals surface area contributed by atoms with Gasteiger partial charge in [-0.25, -0.2) is 0 Å². The quantitative estimate of drug-likeness (QED) is 0.768. The Bertz CT molecular complexity index is 340. The first-order valence-electron chi connectivity index (χ1n) is 4.40. The molecule has 0 heterocycles. The van der Waals surface area contributed by atoms with E-state index < -0.39 is 13.2 Å². The minimum absolute atomic E-state index is 0.329. The normalized spacial score (nSPS) is 16.3. The summed E-state index contributed by atoms with van der Waals surface area (Å²) in [7, 11) is -3.67. The molecular formula is C10H15O3P. The summed E-state index contributed by atoms with van der Waals surface area (Å²) in [5.74, 6) is 0. The molecule has 14 heavy (non-hydrogen) atoms. The first-order chi connectivity index (χ1) is 6.31. The van der Waals surface area contributed by atoms with E-state index in [0.29, 0.717) is 5.30 Å². The van der Waals surface area contributed by atoms with Crippen LogP contribution in [0.5, 0.6) is 0 Å². The lowest BCUT2D eigenvalue weighted by Crippen LogP contribution is -2.21. The van der Waals surface area contributed by atoms with Gasteiger partial charge in [-0.1, -0.05) is 18.2 Å². The molecule has 78 valence electrons. The molecule has 0 aromatic heterocycles.